The first-order chi connectivity index (χ1) is 6.56. The zero-order valence-electron chi connectivity index (χ0n) is 8.08. The fraction of sp³-hybridized carbons (Fsp3) is 0.273. The lowest BCUT2D eigenvalue weighted by Crippen LogP contribution is -2.13. The first-order valence-electron chi connectivity index (χ1n) is 4.30. The van der Waals surface area contributed by atoms with Gasteiger partial charge in [0.25, 0.3) is 0 Å². The van der Waals surface area contributed by atoms with Crippen LogP contribution in [0.3, 0.4) is 0 Å². The summed E-state index contributed by atoms with van der Waals surface area (Å²) in [6.45, 7) is 3.46. The van der Waals surface area contributed by atoms with Crippen LogP contribution in [0.15, 0.2) is 18.2 Å². The predicted molar refractivity (Wildman–Crippen MR) is 56.2 cm³/mol. The molecule has 1 rings (SSSR count). The molecule has 1 unspecified atom stereocenters. The molecule has 0 bridgehead atoms. The summed E-state index contributed by atoms with van der Waals surface area (Å²) in [5, 5.41) is -0.601. The first-order valence-corrected chi connectivity index (χ1v) is 4.74. The molecule has 0 fully saturated rings. The van der Waals surface area contributed by atoms with Crippen molar-refractivity contribution in [3.63, 3.8) is 0 Å². The SMILES string of the molecule is Cc1ccc(C=O)c(C(=O)C(C)Cl)c1. The number of ketones is 1. The monoisotopic (exact) mass is 210 g/mol. The van der Waals surface area contributed by atoms with Gasteiger partial charge in [-0.1, -0.05) is 17.7 Å². The van der Waals surface area contributed by atoms with Gasteiger partial charge in [-0.3, -0.25) is 9.59 Å². The van der Waals surface area contributed by atoms with Crippen LogP contribution in [-0.4, -0.2) is 17.4 Å². The van der Waals surface area contributed by atoms with E-state index in [0.717, 1.165) is 5.56 Å². The number of aryl methyl sites for hydroxylation is 1. The highest BCUT2D eigenvalue weighted by Gasteiger charge is 2.15. The van der Waals surface area contributed by atoms with Gasteiger partial charge < -0.3 is 0 Å². The van der Waals surface area contributed by atoms with E-state index in [0.29, 0.717) is 17.4 Å². The summed E-state index contributed by atoms with van der Waals surface area (Å²) in [6.07, 6.45) is 0.673. The Labute approximate surface area is 87.9 Å². The molecule has 1 aromatic carbocycles. The number of Topliss-reactive ketones (excluding diaryl/α,β-unsaturated/α-hetero) is 1. The number of hydrogen-bond acceptors (Lipinski definition) is 2. The van der Waals surface area contributed by atoms with Crippen LogP contribution in [0.4, 0.5) is 0 Å². The Morgan fingerprint density at radius 2 is 2.14 bits per heavy atom. The molecule has 0 amide bonds. The molecule has 1 aromatic rings. The Kier molecular flexibility index (Phi) is 3.42. The number of carbonyl (C=O) groups is 2. The van der Waals surface area contributed by atoms with E-state index in [1.807, 2.05) is 6.92 Å². The molecule has 74 valence electrons. The van der Waals surface area contributed by atoms with Gasteiger partial charge in [0.1, 0.15) is 0 Å². The minimum absolute atomic E-state index is 0.211. The van der Waals surface area contributed by atoms with Crippen molar-refractivity contribution < 1.29 is 9.59 Å². The van der Waals surface area contributed by atoms with Crippen LogP contribution in [0.25, 0.3) is 0 Å². The summed E-state index contributed by atoms with van der Waals surface area (Å²) in [5.41, 5.74) is 1.74. The average Bonchev–Trinajstić information content (AvgIpc) is 2.16. The minimum Gasteiger partial charge on any atom is -0.298 e. The molecule has 0 saturated carbocycles. The Hall–Kier alpha value is -1.15. The largest absolute Gasteiger partial charge is 0.298 e. The molecule has 0 N–H and O–H groups in total. The van der Waals surface area contributed by atoms with Crippen molar-refractivity contribution in [1.29, 1.82) is 0 Å². The average molecular weight is 211 g/mol. The summed E-state index contributed by atoms with van der Waals surface area (Å²) in [6, 6.07) is 5.11. The second-order valence-electron chi connectivity index (χ2n) is 3.19. The first kappa shape index (κ1) is 10.9. The molecule has 2 nitrogen and oxygen atoms in total. The molecular weight excluding hydrogens is 200 g/mol. The van der Waals surface area contributed by atoms with Crippen molar-refractivity contribution in [2.75, 3.05) is 0 Å². The van der Waals surface area contributed by atoms with Gasteiger partial charge in [0.05, 0.1) is 5.38 Å². The summed E-state index contributed by atoms with van der Waals surface area (Å²) in [7, 11) is 0. The minimum atomic E-state index is -0.601. The Morgan fingerprint density at radius 3 is 2.64 bits per heavy atom. The van der Waals surface area contributed by atoms with E-state index in [1.165, 1.54) is 0 Å². The summed E-state index contributed by atoms with van der Waals surface area (Å²) < 4.78 is 0. The number of alkyl halides is 1. The number of rotatable bonds is 3. The van der Waals surface area contributed by atoms with Gasteiger partial charge >= 0.3 is 0 Å². The fourth-order valence-electron chi connectivity index (χ4n) is 1.20. The lowest BCUT2D eigenvalue weighted by Gasteiger charge is -2.06. The van der Waals surface area contributed by atoms with Gasteiger partial charge in [0, 0.05) is 11.1 Å². The number of carbonyl (C=O) groups excluding carboxylic acids is 2. The highest BCUT2D eigenvalue weighted by atomic mass is 35.5. The molecule has 0 radical (unpaired) electrons. The maximum atomic E-state index is 11.6. The third kappa shape index (κ3) is 2.20. The van der Waals surface area contributed by atoms with Crippen LogP contribution < -0.4 is 0 Å². The van der Waals surface area contributed by atoms with Crippen LogP contribution >= 0.6 is 11.6 Å². The zero-order valence-corrected chi connectivity index (χ0v) is 8.84. The quantitative estimate of drug-likeness (QED) is 0.437. The van der Waals surface area contributed by atoms with Gasteiger partial charge in [0.15, 0.2) is 12.1 Å². The van der Waals surface area contributed by atoms with E-state index in [1.54, 1.807) is 25.1 Å². The fourth-order valence-corrected chi connectivity index (χ4v) is 1.32. The van der Waals surface area contributed by atoms with E-state index >= 15 is 0 Å². The second kappa shape index (κ2) is 4.38. The Bertz CT molecular complexity index is 370. The standard InChI is InChI=1S/C11H11ClO2/c1-7-3-4-9(6-13)10(5-7)11(14)8(2)12/h3-6,8H,1-2H3. The molecule has 0 heterocycles. The van der Waals surface area contributed by atoms with Crippen LogP contribution in [0.2, 0.25) is 0 Å². The number of halogens is 1. The maximum absolute atomic E-state index is 11.6. The van der Waals surface area contributed by atoms with Crippen molar-refractivity contribution >= 4 is 23.7 Å². The van der Waals surface area contributed by atoms with Gasteiger partial charge in [-0.25, -0.2) is 0 Å². The van der Waals surface area contributed by atoms with Gasteiger partial charge in [0.2, 0.25) is 0 Å². The van der Waals surface area contributed by atoms with Crippen LogP contribution in [-0.2, 0) is 0 Å². The van der Waals surface area contributed by atoms with Crippen molar-refractivity contribution in [2.45, 2.75) is 19.2 Å². The molecule has 3 heteroatoms. The van der Waals surface area contributed by atoms with Crippen LogP contribution in [0.5, 0.6) is 0 Å². The van der Waals surface area contributed by atoms with E-state index in [9.17, 15) is 9.59 Å². The van der Waals surface area contributed by atoms with Gasteiger partial charge in [-0.15, -0.1) is 11.6 Å². The lowest BCUT2D eigenvalue weighted by atomic mass is 10.0. The number of benzene rings is 1. The molecule has 0 aliphatic carbocycles. The molecule has 14 heavy (non-hydrogen) atoms. The third-order valence-corrected chi connectivity index (χ3v) is 2.16. The van der Waals surface area contributed by atoms with E-state index in [4.69, 9.17) is 11.6 Å². The highest BCUT2D eigenvalue weighted by Crippen LogP contribution is 2.14. The molecule has 0 aromatic heterocycles. The highest BCUT2D eigenvalue weighted by molar-refractivity contribution is 6.34. The molecule has 0 aliphatic heterocycles. The second-order valence-corrected chi connectivity index (χ2v) is 3.84. The molecule has 0 spiro atoms. The third-order valence-electron chi connectivity index (χ3n) is 1.96. The van der Waals surface area contributed by atoms with Crippen molar-refractivity contribution in [2.24, 2.45) is 0 Å². The van der Waals surface area contributed by atoms with Gasteiger partial charge in [-0.05, 0) is 19.9 Å². The lowest BCUT2D eigenvalue weighted by molar-refractivity contribution is 0.0985. The smallest absolute Gasteiger partial charge is 0.181 e. The van der Waals surface area contributed by atoms with E-state index < -0.39 is 5.38 Å². The van der Waals surface area contributed by atoms with E-state index in [-0.39, 0.29) is 5.78 Å². The van der Waals surface area contributed by atoms with Gasteiger partial charge in [-0.2, -0.15) is 0 Å². The van der Waals surface area contributed by atoms with E-state index in [2.05, 4.69) is 0 Å². The van der Waals surface area contributed by atoms with Crippen LogP contribution in [0.1, 0.15) is 33.2 Å². The Balaban J connectivity index is 3.23. The molecule has 0 saturated heterocycles. The molecule has 1 atom stereocenters. The predicted octanol–water partition coefficient (Wildman–Crippen LogP) is 2.62. The van der Waals surface area contributed by atoms with Crippen LogP contribution in [0, 0.1) is 6.92 Å². The topological polar surface area (TPSA) is 34.1 Å². The molecule has 0 aliphatic rings. The maximum Gasteiger partial charge on any atom is 0.181 e. The van der Waals surface area contributed by atoms with Crippen molar-refractivity contribution in [3.05, 3.63) is 34.9 Å². The summed E-state index contributed by atoms with van der Waals surface area (Å²) in [5.74, 6) is -0.211. The molecular formula is C11H11ClO2. The summed E-state index contributed by atoms with van der Waals surface area (Å²) >= 11 is 5.68. The van der Waals surface area contributed by atoms with Crippen molar-refractivity contribution in [1.82, 2.24) is 0 Å². The Morgan fingerprint density at radius 1 is 1.50 bits per heavy atom. The normalized spacial score (nSPS) is 12.2. The van der Waals surface area contributed by atoms with Crippen molar-refractivity contribution in [3.8, 4) is 0 Å². The zero-order chi connectivity index (χ0) is 10.7. The summed E-state index contributed by atoms with van der Waals surface area (Å²) in [4.78, 5) is 22.3. The number of aldehydes is 1. The number of hydrogen-bond donors (Lipinski definition) is 0.